The molecule has 0 bridgehead atoms. The molecule has 2 N–H and O–H groups in total. The SMILES string of the molecule is Cc1ccc(O)c2c1C(C)CC2NCC(C)C. The van der Waals surface area contributed by atoms with E-state index < -0.39 is 0 Å². The lowest BCUT2D eigenvalue weighted by molar-refractivity contribution is 0.429. The highest BCUT2D eigenvalue weighted by molar-refractivity contribution is 5.50. The number of phenolic OH excluding ortho intramolecular Hbond substituents is 1. The Labute approximate surface area is 104 Å². The van der Waals surface area contributed by atoms with Crippen molar-refractivity contribution < 1.29 is 5.11 Å². The number of phenols is 1. The van der Waals surface area contributed by atoms with Gasteiger partial charge in [-0.2, -0.15) is 0 Å². The fourth-order valence-corrected chi connectivity index (χ4v) is 2.91. The summed E-state index contributed by atoms with van der Waals surface area (Å²) in [6.45, 7) is 9.82. The van der Waals surface area contributed by atoms with Crippen molar-refractivity contribution >= 4 is 0 Å². The average Bonchev–Trinajstić information content (AvgIpc) is 2.59. The van der Waals surface area contributed by atoms with E-state index in [-0.39, 0.29) is 0 Å². The van der Waals surface area contributed by atoms with Gasteiger partial charge in [0.1, 0.15) is 5.75 Å². The fourth-order valence-electron chi connectivity index (χ4n) is 2.91. The monoisotopic (exact) mass is 233 g/mol. The summed E-state index contributed by atoms with van der Waals surface area (Å²) in [5.41, 5.74) is 3.79. The minimum absolute atomic E-state index is 0.322. The first kappa shape index (κ1) is 12.4. The third-order valence-electron chi connectivity index (χ3n) is 3.69. The zero-order valence-electron chi connectivity index (χ0n) is 11.2. The Morgan fingerprint density at radius 2 is 2.06 bits per heavy atom. The third kappa shape index (κ3) is 2.32. The number of fused-ring (bicyclic) bond motifs is 1. The standard InChI is InChI=1S/C15H23NO/c1-9(2)8-16-12-7-11(4)14-10(3)5-6-13(17)15(12)14/h5-6,9,11-12,16-17H,7-8H2,1-4H3. The molecule has 0 amide bonds. The first-order chi connectivity index (χ1) is 8.00. The van der Waals surface area contributed by atoms with Gasteiger partial charge < -0.3 is 10.4 Å². The van der Waals surface area contributed by atoms with Crippen LogP contribution in [-0.2, 0) is 0 Å². The van der Waals surface area contributed by atoms with Gasteiger partial charge in [0.05, 0.1) is 0 Å². The molecule has 2 rings (SSSR count). The van der Waals surface area contributed by atoms with Crippen LogP contribution < -0.4 is 5.32 Å². The second kappa shape index (κ2) is 4.69. The largest absolute Gasteiger partial charge is 0.508 e. The number of hydrogen-bond donors (Lipinski definition) is 2. The van der Waals surface area contributed by atoms with Crippen LogP contribution in [0.25, 0.3) is 0 Å². The minimum Gasteiger partial charge on any atom is -0.508 e. The predicted octanol–water partition coefficient (Wildman–Crippen LogP) is 3.49. The Morgan fingerprint density at radius 3 is 2.71 bits per heavy atom. The number of nitrogens with one attached hydrogen (secondary N) is 1. The molecule has 17 heavy (non-hydrogen) atoms. The lowest BCUT2D eigenvalue weighted by Gasteiger charge is -2.17. The van der Waals surface area contributed by atoms with Gasteiger partial charge in [-0.3, -0.25) is 0 Å². The molecule has 0 radical (unpaired) electrons. The summed E-state index contributed by atoms with van der Waals surface area (Å²) in [7, 11) is 0. The molecule has 1 aliphatic rings. The summed E-state index contributed by atoms with van der Waals surface area (Å²) in [6.07, 6.45) is 1.10. The van der Waals surface area contributed by atoms with Gasteiger partial charge in [0, 0.05) is 11.6 Å². The topological polar surface area (TPSA) is 32.3 Å². The average molecular weight is 233 g/mol. The van der Waals surface area contributed by atoms with Gasteiger partial charge in [-0.25, -0.2) is 0 Å². The third-order valence-corrected chi connectivity index (χ3v) is 3.69. The van der Waals surface area contributed by atoms with E-state index in [1.54, 1.807) is 0 Å². The Morgan fingerprint density at radius 1 is 1.35 bits per heavy atom. The summed E-state index contributed by atoms with van der Waals surface area (Å²) in [5.74, 6) is 1.64. The molecule has 2 nitrogen and oxygen atoms in total. The van der Waals surface area contributed by atoms with Crippen LogP contribution in [0, 0.1) is 12.8 Å². The van der Waals surface area contributed by atoms with E-state index in [9.17, 15) is 5.11 Å². The summed E-state index contributed by atoms with van der Waals surface area (Å²) in [5, 5.41) is 13.6. The normalized spacial score (nSPS) is 23.1. The van der Waals surface area contributed by atoms with Crippen molar-refractivity contribution in [3.8, 4) is 5.75 Å². The molecule has 0 saturated heterocycles. The van der Waals surface area contributed by atoms with Crippen LogP contribution >= 0.6 is 0 Å². The van der Waals surface area contributed by atoms with Crippen LogP contribution in [-0.4, -0.2) is 11.7 Å². The van der Waals surface area contributed by atoms with Crippen molar-refractivity contribution in [2.45, 2.75) is 46.1 Å². The second-order valence-corrected chi connectivity index (χ2v) is 5.72. The summed E-state index contributed by atoms with van der Waals surface area (Å²) in [6, 6.07) is 4.17. The van der Waals surface area contributed by atoms with Crippen molar-refractivity contribution in [1.29, 1.82) is 0 Å². The highest BCUT2D eigenvalue weighted by Gasteiger charge is 2.31. The summed E-state index contributed by atoms with van der Waals surface area (Å²) < 4.78 is 0. The molecular weight excluding hydrogens is 210 g/mol. The molecule has 0 aromatic heterocycles. The Balaban J connectivity index is 2.30. The summed E-state index contributed by atoms with van der Waals surface area (Å²) >= 11 is 0. The molecule has 1 aromatic carbocycles. The Bertz CT molecular complexity index is 412. The molecule has 0 heterocycles. The lowest BCUT2D eigenvalue weighted by atomic mass is 9.97. The maximum absolute atomic E-state index is 10.1. The van der Waals surface area contributed by atoms with Gasteiger partial charge in [0.15, 0.2) is 0 Å². The van der Waals surface area contributed by atoms with Gasteiger partial charge in [-0.1, -0.05) is 26.8 Å². The molecule has 2 atom stereocenters. The molecule has 1 aliphatic carbocycles. The van der Waals surface area contributed by atoms with Gasteiger partial charge in [0.2, 0.25) is 0 Å². The van der Waals surface area contributed by atoms with E-state index in [2.05, 4.69) is 33.0 Å². The maximum atomic E-state index is 10.1. The molecule has 0 aliphatic heterocycles. The predicted molar refractivity (Wildman–Crippen MR) is 71.5 cm³/mol. The van der Waals surface area contributed by atoms with Crippen molar-refractivity contribution in [3.63, 3.8) is 0 Å². The smallest absolute Gasteiger partial charge is 0.120 e. The molecular formula is C15H23NO. The van der Waals surface area contributed by atoms with Crippen LogP contribution in [0.15, 0.2) is 12.1 Å². The van der Waals surface area contributed by atoms with Crippen molar-refractivity contribution in [2.75, 3.05) is 6.54 Å². The number of aromatic hydroxyl groups is 1. The number of rotatable bonds is 3. The molecule has 0 spiro atoms. The van der Waals surface area contributed by atoms with E-state index in [1.165, 1.54) is 11.1 Å². The molecule has 94 valence electrons. The van der Waals surface area contributed by atoms with Crippen LogP contribution in [0.1, 0.15) is 55.8 Å². The molecule has 1 aromatic rings. The van der Waals surface area contributed by atoms with Gasteiger partial charge >= 0.3 is 0 Å². The number of benzene rings is 1. The Hall–Kier alpha value is -1.02. The molecule has 2 heteroatoms. The van der Waals surface area contributed by atoms with Crippen LogP contribution in [0.4, 0.5) is 0 Å². The first-order valence-corrected chi connectivity index (χ1v) is 6.56. The van der Waals surface area contributed by atoms with E-state index in [1.807, 2.05) is 12.1 Å². The Kier molecular flexibility index (Phi) is 3.43. The molecule has 2 unspecified atom stereocenters. The highest BCUT2D eigenvalue weighted by atomic mass is 16.3. The first-order valence-electron chi connectivity index (χ1n) is 6.56. The quantitative estimate of drug-likeness (QED) is 0.837. The van der Waals surface area contributed by atoms with Crippen LogP contribution in [0.5, 0.6) is 5.75 Å². The molecule has 0 saturated carbocycles. The van der Waals surface area contributed by atoms with E-state index in [0.29, 0.717) is 23.6 Å². The summed E-state index contributed by atoms with van der Waals surface area (Å²) in [4.78, 5) is 0. The number of aryl methyl sites for hydroxylation is 1. The van der Waals surface area contributed by atoms with Gasteiger partial charge in [-0.05, 0) is 48.9 Å². The van der Waals surface area contributed by atoms with Gasteiger partial charge in [0.25, 0.3) is 0 Å². The fraction of sp³-hybridized carbons (Fsp3) is 0.600. The maximum Gasteiger partial charge on any atom is 0.120 e. The second-order valence-electron chi connectivity index (χ2n) is 5.72. The van der Waals surface area contributed by atoms with E-state index in [4.69, 9.17) is 0 Å². The highest BCUT2D eigenvalue weighted by Crippen LogP contribution is 2.45. The van der Waals surface area contributed by atoms with Crippen molar-refractivity contribution in [2.24, 2.45) is 5.92 Å². The van der Waals surface area contributed by atoms with Crippen molar-refractivity contribution in [3.05, 3.63) is 28.8 Å². The van der Waals surface area contributed by atoms with Crippen molar-refractivity contribution in [1.82, 2.24) is 5.32 Å². The van der Waals surface area contributed by atoms with Crippen LogP contribution in [0.3, 0.4) is 0 Å². The molecule has 0 fully saturated rings. The minimum atomic E-state index is 0.322. The van der Waals surface area contributed by atoms with E-state index in [0.717, 1.165) is 18.5 Å². The number of hydrogen-bond acceptors (Lipinski definition) is 2. The van der Waals surface area contributed by atoms with E-state index >= 15 is 0 Å². The van der Waals surface area contributed by atoms with Crippen LogP contribution in [0.2, 0.25) is 0 Å². The zero-order chi connectivity index (χ0) is 12.6. The van der Waals surface area contributed by atoms with Gasteiger partial charge in [-0.15, -0.1) is 0 Å². The lowest BCUT2D eigenvalue weighted by Crippen LogP contribution is -2.23. The zero-order valence-corrected chi connectivity index (χ0v) is 11.2.